The van der Waals surface area contributed by atoms with Crippen molar-refractivity contribution in [3.63, 3.8) is 0 Å². The third-order valence-electron chi connectivity index (χ3n) is 8.17. The van der Waals surface area contributed by atoms with Crippen LogP contribution in [0.4, 0.5) is 17.3 Å². The van der Waals surface area contributed by atoms with Crippen LogP contribution < -0.4 is 14.9 Å². The maximum absolute atomic E-state index is 11.6. The lowest BCUT2D eigenvalue weighted by molar-refractivity contribution is 0.146. The Morgan fingerprint density at radius 1 is 1.23 bits per heavy atom. The Hall–Kier alpha value is -3.43. The first kappa shape index (κ1) is 32.5. The molecule has 0 aliphatic carbocycles. The molecule has 12 heteroatoms. The molecule has 0 bridgehead atoms. The summed E-state index contributed by atoms with van der Waals surface area (Å²) in [5.74, 6) is 0.930. The molecule has 0 fully saturated rings. The maximum atomic E-state index is 11.6. The van der Waals surface area contributed by atoms with Crippen LogP contribution in [0.1, 0.15) is 38.8 Å². The second kappa shape index (κ2) is 13.1. The van der Waals surface area contributed by atoms with Gasteiger partial charge in [-0.3, -0.25) is 0 Å². The van der Waals surface area contributed by atoms with Crippen molar-refractivity contribution >= 4 is 50.8 Å². The highest BCUT2D eigenvalue weighted by Gasteiger charge is 2.44. The van der Waals surface area contributed by atoms with E-state index in [1.165, 1.54) is 7.41 Å². The van der Waals surface area contributed by atoms with E-state index in [1.807, 2.05) is 4.81 Å². The summed E-state index contributed by atoms with van der Waals surface area (Å²) in [6, 6.07) is 13.3. The number of nitriles is 1. The third-order valence-corrected chi connectivity index (χ3v) is 12.9. The fraction of sp³-hybridized carbons (Fsp3) is 0.419. The van der Waals surface area contributed by atoms with Crippen LogP contribution in [0.3, 0.4) is 0 Å². The number of hydrogen-bond acceptors (Lipinski definition) is 9. The second-order valence-corrected chi connectivity index (χ2v) is 17.7. The zero-order valence-corrected chi connectivity index (χ0v) is 27.6. The Morgan fingerprint density at radius 3 is 2.67 bits per heavy atom. The standard InChI is InChI=1S/C31H38BClN5O4Si/c1-30(2,3)43(6,7)42-19-31(4)18-38(32-20-39)28-22(17-34)14-21(15-24(28)31)25-10-11-35-29(36-25)37-26-16-23(33)8-9-27(26)41-13-12-40-5/h8-11,14-16,20H,12-13,18-19H2,1-7H3,(H,35,36,37)/t31-/m0/s1. The van der Waals surface area contributed by atoms with Gasteiger partial charge in [0.2, 0.25) is 5.95 Å². The molecule has 1 aromatic heterocycles. The summed E-state index contributed by atoms with van der Waals surface area (Å²) in [4.78, 5) is 22.6. The van der Waals surface area contributed by atoms with E-state index in [4.69, 9.17) is 30.5 Å². The first-order chi connectivity index (χ1) is 20.3. The zero-order chi connectivity index (χ0) is 31.4. The first-order valence-corrected chi connectivity index (χ1v) is 17.4. The molecule has 0 saturated heterocycles. The Morgan fingerprint density at radius 2 is 2.00 bits per heavy atom. The number of fused-ring (bicyclic) bond motifs is 1. The summed E-state index contributed by atoms with van der Waals surface area (Å²) in [5.41, 5.74) is 3.66. The number of ether oxygens (including phenoxy) is 2. The number of methoxy groups -OCH3 is 1. The molecule has 0 unspecified atom stereocenters. The van der Waals surface area contributed by atoms with E-state index in [2.05, 4.69) is 63.2 Å². The van der Waals surface area contributed by atoms with Crippen molar-refractivity contribution in [2.24, 2.45) is 0 Å². The van der Waals surface area contributed by atoms with E-state index in [9.17, 15) is 10.1 Å². The number of nitrogens with one attached hydrogen (secondary N) is 1. The number of nitrogens with zero attached hydrogens (tertiary/aromatic N) is 4. The summed E-state index contributed by atoms with van der Waals surface area (Å²) in [5, 5.41) is 14.0. The zero-order valence-electron chi connectivity index (χ0n) is 25.8. The molecule has 1 atom stereocenters. The Kier molecular flexibility index (Phi) is 9.87. The number of hydrogen-bond donors (Lipinski definition) is 1. The van der Waals surface area contributed by atoms with Crippen LogP contribution >= 0.6 is 11.6 Å². The normalized spacial score (nSPS) is 16.4. The molecule has 225 valence electrons. The summed E-state index contributed by atoms with van der Waals surface area (Å²) < 4.78 is 17.6. The first-order valence-electron chi connectivity index (χ1n) is 14.1. The maximum Gasteiger partial charge on any atom is 0.329 e. The van der Waals surface area contributed by atoms with E-state index in [0.717, 1.165) is 23.0 Å². The number of carbonyl (C=O) groups is 1. The second-order valence-electron chi connectivity index (χ2n) is 12.4. The van der Waals surface area contributed by atoms with Gasteiger partial charge in [-0.05, 0) is 60.1 Å². The van der Waals surface area contributed by atoms with Crippen molar-refractivity contribution in [1.29, 1.82) is 5.26 Å². The molecular weight excluding hydrogens is 581 g/mol. The van der Waals surface area contributed by atoms with Crippen molar-refractivity contribution in [2.75, 3.05) is 43.6 Å². The average Bonchev–Trinajstić information content (AvgIpc) is 3.24. The monoisotopic (exact) mass is 618 g/mol. The minimum absolute atomic E-state index is 0.0427. The number of carbonyl (C=O) groups excluding carboxylic acids is 1. The van der Waals surface area contributed by atoms with Crippen LogP contribution in [0.15, 0.2) is 42.6 Å². The van der Waals surface area contributed by atoms with Crippen LogP contribution in [0.5, 0.6) is 5.75 Å². The summed E-state index contributed by atoms with van der Waals surface area (Å²) in [7, 11) is 1.04. The van der Waals surface area contributed by atoms with Gasteiger partial charge < -0.3 is 28.8 Å². The van der Waals surface area contributed by atoms with Gasteiger partial charge in [0.05, 0.1) is 23.6 Å². The molecule has 0 saturated carbocycles. The van der Waals surface area contributed by atoms with E-state index in [1.54, 1.807) is 43.6 Å². The van der Waals surface area contributed by atoms with Crippen LogP contribution in [0.25, 0.3) is 11.3 Å². The van der Waals surface area contributed by atoms with Crippen LogP contribution in [-0.2, 0) is 19.4 Å². The Balaban J connectivity index is 1.72. The minimum Gasteiger partial charge on any atom is -0.489 e. The van der Waals surface area contributed by atoms with E-state index < -0.39 is 13.7 Å². The predicted molar refractivity (Wildman–Crippen MR) is 175 cm³/mol. The van der Waals surface area contributed by atoms with Gasteiger partial charge in [-0.2, -0.15) is 5.26 Å². The molecule has 2 aromatic carbocycles. The predicted octanol–water partition coefficient (Wildman–Crippen LogP) is 6.35. The highest BCUT2D eigenvalue weighted by Crippen LogP contribution is 2.46. The van der Waals surface area contributed by atoms with E-state index in [-0.39, 0.29) is 5.04 Å². The molecule has 0 spiro atoms. The average molecular weight is 619 g/mol. The highest BCUT2D eigenvalue weighted by atomic mass is 35.5. The van der Waals surface area contributed by atoms with Crippen LogP contribution in [-0.4, -0.2) is 65.4 Å². The van der Waals surface area contributed by atoms with Gasteiger partial charge in [0.15, 0.2) is 8.32 Å². The van der Waals surface area contributed by atoms with Gasteiger partial charge in [0.25, 0.3) is 0 Å². The molecule has 0 amide bonds. The molecule has 4 rings (SSSR count). The van der Waals surface area contributed by atoms with Gasteiger partial charge in [-0.25, -0.2) is 9.97 Å². The van der Waals surface area contributed by atoms with Crippen LogP contribution in [0.2, 0.25) is 23.2 Å². The SMILES string of the molecule is COCCOc1ccc(Cl)cc1Nc1nccc(-c2cc(C#N)c3c(c2)[C@](C)(CO[Si](C)(C)C(C)(C)C)CN3[B]C=O)n1. The summed E-state index contributed by atoms with van der Waals surface area (Å²) in [6.45, 7) is 15.0. The highest BCUT2D eigenvalue weighted by molar-refractivity contribution is 6.74. The lowest BCUT2D eigenvalue weighted by Gasteiger charge is -2.39. The van der Waals surface area contributed by atoms with Crippen molar-refractivity contribution in [1.82, 2.24) is 9.97 Å². The van der Waals surface area contributed by atoms with Gasteiger partial charge in [-0.15, -0.1) is 0 Å². The molecule has 43 heavy (non-hydrogen) atoms. The minimum atomic E-state index is -2.06. The molecule has 1 N–H and O–H groups in total. The van der Waals surface area contributed by atoms with Crippen molar-refractivity contribution in [3.05, 3.63) is 58.7 Å². The molecule has 1 aliphatic rings. The quantitative estimate of drug-likeness (QED) is 0.141. The van der Waals surface area contributed by atoms with Crippen molar-refractivity contribution < 1.29 is 18.7 Å². The van der Waals surface area contributed by atoms with Crippen LogP contribution in [0, 0.1) is 11.3 Å². The number of rotatable bonds is 12. The number of anilines is 3. The molecule has 1 radical (unpaired) electrons. The fourth-order valence-electron chi connectivity index (χ4n) is 4.72. The smallest absolute Gasteiger partial charge is 0.329 e. The summed E-state index contributed by atoms with van der Waals surface area (Å²) >= 11 is 6.27. The Labute approximate surface area is 260 Å². The lowest BCUT2D eigenvalue weighted by atomic mass is 9.83. The molecule has 1 aliphatic heterocycles. The summed E-state index contributed by atoms with van der Waals surface area (Å²) in [6.07, 6.45) is 2.41. The largest absolute Gasteiger partial charge is 0.489 e. The van der Waals surface area contributed by atoms with Gasteiger partial charge in [0.1, 0.15) is 24.6 Å². The van der Waals surface area contributed by atoms with Gasteiger partial charge in [0, 0.05) is 48.1 Å². The number of aromatic nitrogens is 2. The molecule has 3 aromatic rings. The number of benzene rings is 2. The molecule has 9 nitrogen and oxygen atoms in total. The van der Waals surface area contributed by atoms with E-state index in [0.29, 0.717) is 60.0 Å². The Bertz CT molecular complexity index is 1530. The molecular formula is C31H38BClN5O4Si. The van der Waals surface area contributed by atoms with E-state index >= 15 is 0 Å². The van der Waals surface area contributed by atoms with Gasteiger partial charge in [-0.1, -0.05) is 39.3 Å². The third kappa shape index (κ3) is 7.21. The fourth-order valence-corrected chi connectivity index (χ4v) is 6.00. The molecule has 2 heterocycles. The van der Waals surface area contributed by atoms with Crippen molar-refractivity contribution in [3.8, 4) is 23.1 Å². The topological polar surface area (TPSA) is 110 Å². The van der Waals surface area contributed by atoms with Gasteiger partial charge >= 0.3 is 7.41 Å². The van der Waals surface area contributed by atoms with Crippen molar-refractivity contribution in [2.45, 2.75) is 51.2 Å². The number of halogens is 1. The lowest BCUT2D eigenvalue weighted by Crippen LogP contribution is -2.46.